The summed E-state index contributed by atoms with van der Waals surface area (Å²) in [5, 5.41) is 7.35. The molecule has 1 aromatic heterocycles. The Morgan fingerprint density at radius 1 is 1.29 bits per heavy atom. The Labute approximate surface area is 125 Å². The normalized spacial score (nSPS) is 10.9. The Hall–Kier alpha value is -2.14. The molecular weight excluding hydrogens is 264 g/mol. The molecule has 0 saturated carbocycles. The van der Waals surface area contributed by atoms with Crippen molar-refractivity contribution in [3.63, 3.8) is 0 Å². The highest BCUT2D eigenvalue weighted by Crippen LogP contribution is 2.11. The highest BCUT2D eigenvalue weighted by Gasteiger charge is 2.13. The number of rotatable bonds is 6. The average molecular weight is 286 g/mol. The van der Waals surface area contributed by atoms with Gasteiger partial charge < -0.3 is 10.2 Å². The van der Waals surface area contributed by atoms with Gasteiger partial charge in [0.15, 0.2) is 0 Å². The Balaban J connectivity index is 2.00. The molecule has 0 saturated heterocycles. The largest absolute Gasteiger partial charge is 0.352 e. The zero-order chi connectivity index (χ0) is 15.2. The van der Waals surface area contributed by atoms with E-state index in [2.05, 4.69) is 15.3 Å². The average Bonchev–Trinajstić information content (AvgIpc) is 2.86. The molecule has 21 heavy (non-hydrogen) atoms. The van der Waals surface area contributed by atoms with E-state index in [0.717, 1.165) is 24.3 Å². The number of amides is 1. The fourth-order valence-electron chi connectivity index (χ4n) is 2.09. The molecule has 2 rings (SSSR count). The van der Waals surface area contributed by atoms with Gasteiger partial charge in [-0.2, -0.15) is 5.10 Å². The topological polar surface area (TPSA) is 50.2 Å². The molecule has 0 atom stereocenters. The van der Waals surface area contributed by atoms with Crippen molar-refractivity contribution < 1.29 is 4.79 Å². The quantitative estimate of drug-likeness (QED) is 0.825. The van der Waals surface area contributed by atoms with E-state index in [1.165, 1.54) is 0 Å². The third kappa shape index (κ3) is 4.16. The van der Waals surface area contributed by atoms with Gasteiger partial charge in [0.2, 0.25) is 0 Å². The molecule has 0 unspecified atom stereocenters. The Morgan fingerprint density at radius 3 is 2.67 bits per heavy atom. The van der Waals surface area contributed by atoms with Gasteiger partial charge in [-0.3, -0.25) is 4.79 Å². The van der Waals surface area contributed by atoms with E-state index in [9.17, 15) is 4.79 Å². The third-order valence-corrected chi connectivity index (χ3v) is 3.23. The first-order valence-corrected chi connectivity index (χ1v) is 7.12. The maximum absolute atomic E-state index is 12.2. The molecule has 0 aliphatic carbocycles. The van der Waals surface area contributed by atoms with Crippen LogP contribution in [0.1, 0.15) is 22.5 Å². The molecule has 0 aliphatic heterocycles. The number of para-hydroxylation sites is 1. The summed E-state index contributed by atoms with van der Waals surface area (Å²) in [5.74, 6) is -0.0616. The van der Waals surface area contributed by atoms with Gasteiger partial charge in [-0.15, -0.1) is 0 Å². The number of aromatic nitrogens is 2. The van der Waals surface area contributed by atoms with Gasteiger partial charge in [-0.1, -0.05) is 18.2 Å². The lowest BCUT2D eigenvalue weighted by Gasteiger charge is -2.09. The SMILES string of the molecule is Cc1nn(-c2ccccc2)cc1C(=O)NCCCN(C)C. The highest BCUT2D eigenvalue weighted by atomic mass is 16.1. The van der Waals surface area contributed by atoms with Crippen molar-refractivity contribution in [2.24, 2.45) is 0 Å². The predicted molar refractivity (Wildman–Crippen MR) is 83.8 cm³/mol. The Bertz CT molecular complexity index is 590. The molecule has 1 amide bonds. The van der Waals surface area contributed by atoms with Crippen LogP contribution >= 0.6 is 0 Å². The van der Waals surface area contributed by atoms with Gasteiger partial charge in [0.1, 0.15) is 0 Å². The first-order valence-electron chi connectivity index (χ1n) is 7.12. The lowest BCUT2D eigenvalue weighted by molar-refractivity contribution is 0.0951. The van der Waals surface area contributed by atoms with E-state index in [1.54, 1.807) is 10.9 Å². The minimum atomic E-state index is -0.0616. The molecule has 2 aromatic rings. The van der Waals surface area contributed by atoms with Crippen molar-refractivity contribution in [2.45, 2.75) is 13.3 Å². The van der Waals surface area contributed by atoms with Crippen LogP contribution in [0, 0.1) is 6.92 Å². The van der Waals surface area contributed by atoms with Crippen molar-refractivity contribution in [3.05, 3.63) is 47.8 Å². The summed E-state index contributed by atoms with van der Waals surface area (Å²) in [7, 11) is 4.05. The summed E-state index contributed by atoms with van der Waals surface area (Å²) < 4.78 is 1.74. The second-order valence-corrected chi connectivity index (χ2v) is 5.32. The summed E-state index contributed by atoms with van der Waals surface area (Å²) in [4.78, 5) is 14.3. The number of carbonyl (C=O) groups is 1. The highest BCUT2D eigenvalue weighted by molar-refractivity contribution is 5.95. The molecule has 1 aromatic carbocycles. The summed E-state index contributed by atoms with van der Waals surface area (Å²) in [6.07, 6.45) is 2.72. The molecule has 1 heterocycles. The fraction of sp³-hybridized carbons (Fsp3) is 0.375. The van der Waals surface area contributed by atoms with Crippen molar-refractivity contribution in [3.8, 4) is 5.69 Å². The zero-order valence-corrected chi connectivity index (χ0v) is 12.8. The predicted octanol–water partition coefficient (Wildman–Crippen LogP) is 1.86. The van der Waals surface area contributed by atoms with E-state index >= 15 is 0 Å². The minimum absolute atomic E-state index is 0.0616. The molecule has 0 spiro atoms. The van der Waals surface area contributed by atoms with Crippen LogP contribution < -0.4 is 5.32 Å². The van der Waals surface area contributed by atoms with Gasteiger partial charge in [0, 0.05) is 12.7 Å². The van der Waals surface area contributed by atoms with Gasteiger partial charge >= 0.3 is 0 Å². The maximum Gasteiger partial charge on any atom is 0.254 e. The fourth-order valence-corrected chi connectivity index (χ4v) is 2.09. The molecule has 0 bridgehead atoms. The number of hydrogen-bond donors (Lipinski definition) is 1. The van der Waals surface area contributed by atoms with Gasteiger partial charge in [-0.05, 0) is 46.1 Å². The molecule has 0 aliphatic rings. The van der Waals surface area contributed by atoms with Crippen LogP contribution in [-0.2, 0) is 0 Å². The molecule has 112 valence electrons. The Morgan fingerprint density at radius 2 is 2.00 bits per heavy atom. The third-order valence-electron chi connectivity index (χ3n) is 3.23. The lowest BCUT2D eigenvalue weighted by atomic mass is 10.2. The first-order chi connectivity index (χ1) is 10.1. The van der Waals surface area contributed by atoms with Crippen LogP contribution in [0.4, 0.5) is 0 Å². The molecule has 0 radical (unpaired) electrons. The number of carbonyl (C=O) groups excluding carboxylic acids is 1. The first kappa shape index (κ1) is 15.3. The summed E-state index contributed by atoms with van der Waals surface area (Å²) >= 11 is 0. The summed E-state index contributed by atoms with van der Waals surface area (Å²) in [6.45, 7) is 3.49. The van der Waals surface area contributed by atoms with E-state index in [1.807, 2.05) is 51.4 Å². The van der Waals surface area contributed by atoms with Crippen molar-refractivity contribution in [2.75, 3.05) is 27.2 Å². The van der Waals surface area contributed by atoms with Crippen molar-refractivity contribution >= 4 is 5.91 Å². The molecule has 1 N–H and O–H groups in total. The van der Waals surface area contributed by atoms with Gasteiger partial charge in [-0.25, -0.2) is 4.68 Å². The van der Waals surface area contributed by atoms with E-state index in [4.69, 9.17) is 0 Å². The van der Waals surface area contributed by atoms with E-state index < -0.39 is 0 Å². The van der Waals surface area contributed by atoms with Crippen molar-refractivity contribution in [1.82, 2.24) is 20.0 Å². The number of hydrogen-bond acceptors (Lipinski definition) is 3. The maximum atomic E-state index is 12.2. The van der Waals surface area contributed by atoms with Crippen LogP contribution in [0.2, 0.25) is 0 Å². The summed E-state index contributed by atoms with van der Waals surface area (Å²) in [5.41, 5.74) is 2.32. The number of aryl methyl sites for hydroxylation is 1. The van der Waals surface area contributed by atoms with Crippen LogP contribution in [-0.4, -0.2) is 47.8 Å². The Kier molecular flexibility index (Phi) is 5.11. The van der Waals surface area contributed by atoms with Crippen LogP contribution in [0.15, 0.2) is 36.5 Å². The minimum Gasteiger partial charge on any atom is -0.352 e. The molecular formula is C16H22N4O. The monoisotopic (exact) mass is 286 g/mol. The van der Waals surface area contributed by atoms with Crippen LogP contribution in [0.3, 0.4) is 0 Å². The molecule has 0 fully saturated rings. The second kappa shape index (κ2) is 7.04. The lowest BCUT2D eigenvalue weighted by Crippen LogP contribution is -2.27. The smallest absolute Gasteiger partial charge is 0.254 e. The zero-order valence-electron chi connectivity index (χ0n) is 12.8. The van der Waals surface area contributed by atoms with E-state index in [0.29, 0.717) is 12.1 Å². The van der Waals surface area contributed by atoms with Gasteiger partial charge in [0.25, 0.3) is 5.91 Å². The molecule has 5 nitrogen and oxygen atoms in total. The van der Waals surface area contributed by atoms with Crippen molar-refractivity contribution in [1.29, 1.82) is 0 Å². The van der Waals surface area contributed by atoms with E-state index in [-0.39, 0.29) is 5.91 Å². The second-order valence-electron chi connectivity index (χ2n) is 5.32. The standard InChI is InChI=1S/C16H22N4O/c1-13-15(16(21)17-10-7-11-19(2)3)12-20(18-13)14-8-5-4-6-9-14/h4-6,8-9,12H,7,10-11H2,1-3H3,(H,17,21). The van der Waals surface area contributed by atoms with Crippen LogP contribution in [0.25, 0.3) is 5.69 Å². The number of nitrogens with one attached hydrogen (secondary N) is 1. The van der Waals surface area contributed by atoms with Gasteiger partial charge in [0.05, 0.1) is 16.9 Å². The van der Waals surface area contributed by atoms with Crippen LogP contribution in [0.5, 0.6) is 0 Å². The molecule has 5 heteroatoms. The number of benzene rings is 1. The summed E-state index contributed by atoms with van der Waals surface area (Å²) in [6, 6.07) is 9.79. The number of nitrogens with zero attached hydrogens (tertiary/aromatic N) is 3.